The van der Waals surface area contributed by atoms with Crippen molar-refractivity contribution < 1.29 is 24.9 Å². The zero-order valence-electron chi connectivity index (χ0n) is 22.1. The molecule has 0 bridgehead atoms. The molecule has 35 heavy (non-hydrogen) atoms. The molecule has 2 heterocycles. The summed E-state index contributed by atoms with van der Waals surface area (Å²) in [4.78, 5) is 24.9. The number of ketones is 1. The molecule has 196 valence electrons. The normalized spacial score (nSPS) is 31.9. The van der Waals surface area contributed by atoms with Crippen LogP contribution in [-0.4, -0.2) is 37.9 Å². The number of hydrogen-bond donors (Lipinski definition) is 3. The highest BCUT2D eigenvalue weighted by molar-refractivity contribution is 5.80. The number of allylic oxidation sites excluding steroid dienone is 1. The molecule has 0 spiro atoms. The second-order valence-electron chi connectivity index (χ2n) is 11.1. The molecule has 2 unspecified atom stereocenters. The number of Topliss-reactive ketones (excluding diaryl/α,β-unsaturated/α-hetero) is 1. The third kappa shape index (κ3) is 5.73. The van der Waals surface area contributed by atoms with Crippen molar-refractivity contribution in [3.8, 4) is 5.75 Å². The first-order valence-corrected chi connectivity index (χ1v) is 13.1. The van der Waals surface area contributed by atoms with Gasteiger partial charge >= 0.3 is 0 Å². The van der Waals surface area contributed by atoms with Crippen molar-refractivity contribution in [1.82, 2.24) is 4.57 Å². The van der Waals surface area contributed by atoms with Gasteiger partial charge in [0.05, 0.1) is 23.9 Å². The minimum atomic E-state index is -1.80. The molecule has 1 aliphatic carbocycles. The molecule has 7 atom stereocenters. The monoisotopic (exact) mass is 489 g/mol. The van der Waals surface area contributed by atoms with Crippen LogP contribution >= 0.6 is 0 Å². The minimum Gasteiger partial charge on any atom is -0.507 e. The third-order valence-corrected chi connectivity index (χ3v) is 8.11. The first-order chi connectivity index (χ1) is 16.4. The lowest BCUT2D eigenvalue weighted by Crippen LogP contribution is -2.46. The van der Waals surface area contributed by atoms with Gasteiger partial charge in [0.15, 0.2) is 0 Å². The highest BCUT2D eigenvalue weighted by atomic mass is 16.5. The predicted octanol–water partition coefficient (Wildman–Crippen LogP) is 4.27. The second kappa shape index (κ2) is 11.0. The van der Waals surface area contributed by atoms with Crippen LogP contribution in [0.25, 0.3) is 0 Å². The Balaban J connectivity index is 1.95. The van der Waals surface area contributed by atoms with Gasteiger partial charge in [0.2, 0.25) is 0 Å². The van der Waals surface area contributed by atoms with E-state index in [1.54, 1.807) is 7.05 Å². The van der Waals surface area contributed by atoms with Gasteiger partial charge in [-0.15, -0.1) is 0 Å². The number of aliphatic hydroxyl groups excluding tert-OH is 1. The number of aromatic hydroxyl groups is 1. The van der Waals surface area contributed by atoms with E-state index in [2.05, 4.69) is 40.7 Å². The molecular formula is C28H43NO6. The van der Waals surface area contributed by atoms with Crippen LogP contribution in [0.3, 0.4) is 0 Å². The Morgan fingerprint density at radius 3 is 2.63 bits per heavy atom. The summed E-state index contributed by atoms with van der Waals surface area (Å²) in [6.07, 6.45) is 5.01. The fourth-order valence-corrected chi connectivity index (χ4v) is 5.78. The molecule has 3 N–H and O–H groups in total. The Morgan fingerprint density at radius 1 is 1.31 bits per heavy atom. The summed E-state index contributed by atoms with van der Waals surface area (Å²) in [7, 11) is 1.56. The van der Waals surface area contributed by atoms with Crippen molar-refractivity contribution in [3.05, 3.63) is 39.3 Å². The van der Waals surface area contributed by atoms with E-state index in [9.17, 15) is 24.9 Å². The lowest BCUT2D eigenvalue weighted by atomic mass is 9.76. The quantitative estimate of drug-likeness (QED) is 0.494. The number of rotatable bonds is 7. The molecule has 0 radical (unpaired) electrons. The molecule has 1 saturated carbocycles. The topological polar surface area (TPSA) is 109 Å². The van der Waals surface area contributed by atoms with Gasteiger partial charge in [0.25, 0.3) is 5.56 Å². The van der Waals surface area contributed by atoms with Gasteiger partial charge in [0.1, 0.15) is 17.1 Å². The fraction of sp³-hybridized carbons (Fsp3) is 0.714. The van der Waals surface area contributed by atoms with Crippen LogP contribution in [0.2, 0.25) is 0 Å². The van der Waals surface area contributed by atoms with E-state index < -0.39 is 17.8 Å². The Hall–Kier alpha value is -1.96. The third-order valence-electron chi connectivity index (χ3n) is 8.11. The number of aryl methyl sites for hydroxylation is 1. The highest BCUT2D eigenvalue weighted by Gasteiger charge is 2.46. The molecule has 1 saturated heterocycles. The van der Waals surface area contributed by atoms with Crippen LogP contribution < -0.4 is 5.56 Å². The molecule has 1 aromatic rings. The SMILES string of the molecule is CCC(C)CC(C)/C=C(/C)[C@@H]1O[C@H](c2c(O)c([C@@]3(O)CCC(=O)C[C@H]3O)cn(C)c2=O)CC[C@H]1C. The summed E-state index contributed by atoms with van der Waals surface area (Å²) in [5, 5.41) is 33.1. The van der Waals surface area contributed by atoms with Crippen molar-refractivity contribution in [1.29, 1.82) is 0 Å². The lowest BCUT2D eigenvalue weighted by Gasteiger charge is -2.39. The number of pyridine rings is 1. The van der Waals surface area contributed by atoms with Gasteiger partial charge in [-0.3, -0.25) is 9.59 Å². The maximum absolute atomic E-state index is 13.2. The van der Waals surface area contributed by atoms with E-state index in [0.29, 0.717) is 18.3 Å². The predicted molar refractivity (Wildman–Crippen MR) is 135 cm³/mol. The summed E-state index contributed by atoms with van der Waals surface area (Å²) in [5.41, 5.74) is -0.879. The first-order valence-electron chi connectivity index (χ1n) is 13.1. The Morgan fingerprint density at radius 2 is 2.00 bits per heavy atom. The van der Waals surface area contributed by atoms with Gasteiger partial charge in [-0.05, 0) is 55.9 Å². The van der Waals surface area contributed by atoms with Gasteiger partial charge in [-0.25, -0.2) is 0 Å². The van der Waals surface area contributed by atoms with E-state index in [4.69, 9.17) is 4.74 Å². The molecule has 0 aromatic carbocycles. The van der Waals surface area contributed by atoms with Crippen LogP contribution in [0.15, 0.2) is 22.6 Å². The van der Waals surface area contributed by atoms with E-state index in [1.807, 2.05) is 0 Å². The molecular weight excluding hydrogens is 446 g/mol. The zero-order chi connectivity index (χ0) is 26.1. The molecule has 7 nitrogen and oxygen atoms in total. The van der Waals surface area contributed by atoms with E-state index in [-0.39, 0.29) is 59.5 Å². The number of hydrogen-bond acceptors (Lipinski definition) is 6. The average molecular weight is 490 g/mol. The molecule has 1 aliphatic heterocycles. The van der Waals surface area contributed by atoms with E-state index in [1.165, 1.54) is 10.8 Å². The number of nitrogens with zero attached hydrogens (tertiary/aromatic N) is 1. The van der Waals surface area contributed by atoms with Crippen LogP contribution in [0.5, 0.6) is 5.75 Å². The van der Waals surface area contributed by atoms with Crippen LogP contribution in [0, 0.1) is 17.8 Å². The number of aliphatic hydroxyl groups is 2. The fourth-order valence-electron chi connectivity index (χ4n) is 5.78. The van der Waals surface area contributed by atoms with Crippen molar-refractivity contribution in [2.45, 2.75) is 103 Å². The summed E-state index contributed by atoms with van der Waals surface area (Å²) in [6, 6.07) is 0. The summed E-state index contributed by atoms with van der Waals surface area (Å²) in [5.74, 6) is 0.849. The average Bonchev–Trinajstić information content (AvgIpc) is 2.79. The Kier molecular flexibility index (Phi) is 8.66. The smallest absolute Gasteiger partial charge is 0.259 e. The molecule has 2 fully saturated rings. The van der Waals surface area contributed by atoms with Gasteiger partial charge in [-0.1, -0.05) is 40.2 Å². The maximum atomic E-state index is 13.2. The second-order valence-corrected chi connectivity index (χ2v) is 11.1. The summed E-state index contributed by atoms with van der Waals surface area (Å²) >= 11 is 0. The maximum Gasteiger partial charge on any atom is 0.259 e. The standard InChI is InChI=1S/C28H43NO6/c1-7-16(2)12-17(3)13-19(5)26-18(4)8-9-22(35-26)24-25(32)21(15-29(6)27(24)33)28(34)11-10-20(30)14-23(28)31/h13,15-18,22-23,26,31-32,34H,7-12,14H2,1-6H3/b19-13-/t16?,17?,18-,22+,23-,26-,28+/m1/s1. The Labute approximate surface area is 208 Å². The van der Waals surface area contributed by atoms with Crippen LogP contribution in [-0.2, 0) is 22.2 Å². The molecule has 3 rings (SSSR count). The van der Waals surface area contributed by atoms with Crippen LogP contribution in [0.1, 0.15) is 96.8 Å². The molecule has 2 aliphatic rings. The molecule has 7 heteroatoms. The van der Waals surface area contributed by atoms with E-state index >= 15 is 0 Å². The molecule has 1 aromatic heterocycles. The van der Waals surface area contributed by atoms with Crippen molar-refractivity contribution in [3.63, 3.8) is 0 Å². The van der Waals surface area contributed by atoms with Crippen molar-refractivity contribution in [2.24, 2.45) is 24.8 Å². The first kappa shape index (κ1) is 27.6. The lowest BCUT2D eigenvalue weighted by molar-refractivity contribution is -0.143. The largest absolute Gasteiger partial charge is 0.507 e. The number of aromatic nitrogens is 1. The van der Waals surface area contributed by atoms with Gasteiger partial charge in [-0.2, -0.15) is 0 Å². The summed E-state index contributed by atoms with van der Waals surface area (Å²) < 4.78 is 7.79. The van der Waals surface area contributed by atoms with Crippen molar-refractivity contribution in [2.75, 3.05) is 0 Å². The van der Waals surface area contributed by atoms with Crippen LogP contribution in [0.4, 0.5) is 0 Å². The number of carbonyl (C=O) groups is 1. The van der Waals surface area contributed by atoms with Gasteiger partial charge < -0.3 is 24.6 Å². The zero-order valence-corrected chi connectivity index (χ0v) is 22.1. The highest BCUT2D eigenvalue weighted by Crippen LogP contribution is 2.45. The number of carbonyl (C=O) groups excluding carboxylic acids is 1. The Bertz CT molecular complexity index is 1010. The van der Waals surface area contributed by atoms with Gasteiger partial charge in [0, 0.05) is 31.6 Å². The van der Waals surface area contributed by atoms with E-state index in [0.717, 1.165) is 24.8 Å². The summed E-state index contributed by atoms with van der Waals surface area (Å²) in [6.45, 7) is 10.9. The minimum absolute atomic E-state index is 0.0146. The number of ether oxygens (including phenoxy) is 1. The van der Waals surface area contributed by atoms with Crippen molar-refractivity contribution >= 4 is 5.78 Å². The molecule has 0 amide bonds.